The van der Waals surface area contributed by atoms with Gasteiger partial charge in [0.2, 0.25) is 0 Å². The van der Waals surface area contributed by atoms with Gasteiger partial charge in [-0.3, -0.25) is 15.1 Å². The number of esters is 1. The second kappa shape index (κ2) is 5.26. The lowest BCUT2D eigenvalue weighted by Gasteiger charge is -2.03. The van der Waals surface area contributed by atoms with Gasteiger partial charge in [-0.25, -0.2) is 4.79 Å². The number of nitrogens with zero attached hydrogens (tertiary/aromatic N) is 2. The standard InChI is InChI=1S/C13H10N2O4/c1-19-13(16)11-6-10(7-14-8-11)9-2-4-12(5-3-9)15(17)18/h2-8H,1H3. The number of aromatic nitrogens is 1. The summed E-state index contributed by atoms with van der Waals surface area (Å²) in [5.41, 5.74) is 1.78. The molecule has 0 aliphatic heterocycles. The highest BCUT2D eigenvalue weighted by atomic mass is 16.6. The van der Waals surface area contributed by atoms with Crippen LogP contribution in [0.5, 0.6) is 0 Å². The Hall–Kier alpha value is -2.76. The molecule has 96 valence electrons. The number of hydrogen-bond donors (Lipinski definition) is 0. The molecule has 0 unspecified atom stereocenters. The molecule has 1 aromatic heterocycles. The molecular weight excluding hydrogens is 248 g/mol. The highest BCUT2D eigenvalue weighted by Crippen LogP contribution is 2.22. The van der Waals surface area contributed by atoms with Crippen molar-refractivity contribution in [3.05, 3.63) is 58.4 Å². The highest BCUT2D eigenvalue weighted by Gasteiger charge is 2.09. The molecule has 0 fully saturated rings. The first-order valence-corrected chi connectivity index (χ1v) is 5.40. The number of nitro groups is 1. The lowest BCUT2D eigenvalue weighted by Crippen LogP contribution is -2.01. The summed E-state index contributed by atoms with van der Waals surface area (Å²) in [7, 11) is 1.29. The molecular formula is C13H10N2O4. The lowest BCUT2D eigenvalue weighted by atomic mass is 10.1. The Kier molecular flexibility index (Phi) is 3.51. The minimum atomic E-state index is -0.476. The van der Waals surface area contributed by atoms with Crippen LogP contribution < -0.4 is 0 Å². The molecule has 0 aliphatic rings. The van der Waals surface area contributed by atoms with Crippen LogP contribution in [0, 0.1) is 10.1 Å². The van der Waals surface area contributed by atoms with E-state index in [2.05, 4.69) is 9.72 Å². The molecule has 1 aromatic carbocycles. The predicted octanol–water partition coefficient (Wildman–Crippen LogP) is 2.44. The van der Waals surface area contributed by atoms with Crippen molar-refractivity contribution in [1.29, 1.82) is 0 Å². The minimum Gasteiger partial charge on any atom is -0.465 e. The van der Waals surface area contributed by atoms with Gasteiger partial charge in [0.1, 0.15) is 0 Å². The van der Waals surface area contributed by atoms with Gasteiger partial charge in [-0.15, -0.1) is 0 Å². The van der Waals surface area contributed by atoms with Crippen LogP contribution in [-0.2, 0) is 4.74 Å². The van der Waals surface area contributed by atoms with E-state index in [0.717, 1.165) is 5.56 Å². The molecule has 0 atom stereocenters. The van der Waals surface area contributed by atoms with Gasteiger partial charge in [0.05, 0.1) is 17.6 Å². The highest BCUT2D eigenvalue weighted by molar-refractivity contribution is 5.90. The Labute approximate surface area is 108 Å². The van der Waals surface area contributed by atoms with Crippen LogP contribution in [0.4, 0.5) is 5.69 Å². The van der Waals surface area contributed by atoms with Crippen molar-refractivity contribution >= 4 is 11.7 Å². The molecule has 1 heterocycles. The third kappa shape index (κ3) is 2.74. The Morgan fingerprint density at radius 3 is 2.47 bits per heavy atom. The number of nitro benzene ring substituents is 1. The van der Waals surface area contributed by atoms with E-state index in [1.165, 1.54) is 25.4 Å². The third-order valence-corrected chi connectivity index (χ3v) is 2.57. The molecule has 6 nitrogen and oxygen atoms in total. The SMILES string of the molecule is COC(=O)c1cncc(-c2ccc([N+](=O)[O-])cc2)c1. The van der Waals surface area contributed by atoms with Crippen LogP contribution in [-0.4, -0.2) is 23.0 Å². The summed E-state index contributed by atoms with van der Waals surface area (Å²) in [6.07, 6.45) is 2.98. The van der Waals surface area contributed by atoms with Gasteiger partial charge < -0.3 is 4.74 Å². The van der Waals surface area contributed by atoms with Crippen molar-refractivity contribution in [2.75, 3.05) is 7.11 Å². The number of pyridine rings is 1. The molecule has 0 aliphatic carbocycles. The van der Waals surface area contributed by atoms with Crippen LogP contribution in [0.25, 0.3) is 11.1 Å². The van der Waals surface area contributed by atoms with Crippen LogP contribution in [0.3, 0.4) is 0 Å². The summed E-state index contributed by atoms with van der Waals surface area (Å²) in [6, 6.07) is 7.65. The van der Waals surface area contributed by atoms with E-state index in [1.54, 1.807) is 24.4 Å². The zero-order chi connectivity index (χ0) is 13.8. The van der Waals surface area contributed by atoms with Gasteiger partial charge in [-0.05, 0) is 23.8 Å². The maximum absolute atomic E-state index is 11.4. The summed E-state index contributed by atoms with van der Waals surface area (Å²) in [4.78, 5) is 25.4. The minimum absolute atomic E-state index is 0.0147. The Bertz CT molecular complexity index is 623. The van der Waals surface area contributed by atoms with Crippen molar-refractivity contribution in [3.63, 3.8) is 0 Å². The van der Waals surface area contributed by atoms with E-state index in [-0.39, 0.29) is 5.69 Å². The van der Waals surface area contributed by atoms with Crippen molar-refractivity contribution in [1.82, 2.24) is 4.98 Å². The Morgan fingerprint density at radius 2 is 1.89 bits per heavy atom. The molecule has 0 N–H and O–H groups in total. The summed E-state index contributed by atoms with van der Waals surface area (Å²) < 4.78 is 4.61. The summed E-state index contributed by atoms with van der Waals surface area (Å²) >= 11 is 0. The number of methoxy groups -OCH3 is 1. The Morgan fingerprint density at radius 1 is 1.21 bits per heavy atom. The first kappa shape index (κ1) is 12.7. The number of hydrogen-bond acceptors (Lipinski definition) is 5. The zero-order valence-electron chi connectivity index (χ0n) is 10.1. The van der Waals surface area contributed by atoms with E-state index in [0.29, 0.717) is 11.1 Å². The second-order valence-corrected chi connectivity index (χ2v) is 3.76. The van der Waals surface area contributed by atoms with Gasteiger partial charge in [0.15, 0.2) is 0 Å². The normalized spacial score (nSPS) is 9.95. The predicted molar refractivity (Wildman–Crippen MR) is 67.7 cm³/mol. The largest absolute Gasteiger partial charge is 0.465 e. The number of rotatable bonds is 3. The van der Waals surface area contributed by atoms with Crippen molar-refractivity contribution in [3.8, 4) is 11.1 Å². The summed E-state index contributed by atoms with van der Waals surface area (Å²) in [5, 5.41) is 10.6. The molecule has 0 bridgehead atoms. The molecule has 0 radical (unpaired) electrons. The molecule has 0 saturated carbocycles. The molecule has 2 rings (SSSR count). The van der Waals surface area contributed by atoms with Crippen LogP contribution in [0.15, 0.2) is 42.7 Å². The van der Waals surface area contributed by atoms with Crippen LogP contribution in [0.2, 0.25) is 0 Å². The summed E-state index contributed by atoms with van der Waals surface area (Å²) in [6.45, 7) is 0. The monoisotopic (exact) mass is 258 g/mol. The molecule has 0 saturated heterocycles. The van der Waals surface area contributed by atoms with Crippen molar-refractivity contribution in [2.24, 2.45) is 0 Å². The van der Waals surface area contributed by atoms with Gasteiger partial charge in [0.25, 0.3) is 5.69 Å². The van der Waals surface area contributed by atoms with Crippen LogP contribution in [0.1, 0.15) is 10.4 Å². The maximum atomic E-state index is 11.4. The van der Waals surface area contributed by atoms with E-state index in [9.17, 15) is 14.9 Å². The molecule has 0 spiro atoms. The maximum Gasteiger partial charge on any atom is 0.339 e. The number of benzene rings is 1. The van der Waals surface area contributed by atoms with Crippen molar-refractivity contribution in [2.45, 2.75) is 0 Å². The molecule has 2 aromatic rings. The van der Waals surface area contributed by atoms with E-state index >= 15 is 0 Å². The lowest BCUT2D eigenvalue weighted by molar-refractivity contribution is -0.384. The molecule has 6 heteroatoms. The van der Waals surface area contributed by atoms with Gasteiger partial charge in [0, 0.05) is 30.1 Å². The number of carbonyl (C=O) groups is 1. The van der Waals surface area contributed by atoms with E-state index in [1.807, 2.05) is 0 Å². The fourth-order valence-electron chi connectivity index (χ4n) is 1.60. The first-order chi connectivity index (χ1) is 9.11. The van der Waals surface area contributed by atoms with E-state index < -0.39 is 10.9 Å². The smallest absolute Gasteiger partial charge is 0.339 e. The van der Waals surface area contributed by atoms with Gasteiger partial charge >= 0.3 is 5.97 Å². The first-order valence-electron chi connectivity index (χ1n) is 5.40. The van der Waals surface area contributed by atoms with Gasteiger partial charge in [-0.2, -0.15) is 0 Å². The van der Waals surface area contributed by atoms with Crippen molar-refractivity contribution < 1.29 is 14.5 Å². The van der Waals surface area contributed by atoms with Gasteiger partial charge in [-0.1, -0.05) is 0 Å². The average Bonchev–Trinajstić information content (AvgIpc) is 2.46. The number of non-ortho nitro benzene ring substituents is 1. The summed E-state index contributed by atoms with van der Waals surface area (Å²) in [5.74, 6) is -0.476. The number of carbonyl (C=O) groups excluding carboxylic acids is 1. The number of ether oxygens (including phenoxy) is 1. The quantitative estimate of drug-likeness (QED) is 0.479. The van der Waals surface area contributed by atoms with E-state index in [4.69, 9.17) is 0 Å². The molecule has 19 heavy (non-hydrogen) atoms. The Balaban J connectivity index is 2.36. The average molecular weight is 258 g/mol. The fraction of sp³-hybridized carbons (Fsp3) is 0.0769. The van der Waals surface area contributed by atoms with Crippen LogP contribution >= 0.6 is 0 Å². The fourth-order valence-corrected chi connectivity index (χ4v) is 1.60. The second-order valence-electron chi connectivity index (χ2n) is 3.76. The zero-order valence-corrected chi connectivity index (χ0v) is 10.1. The third-order valence-electron chi connectivity index (χ3n) is 2.57. The topological polar surface area (TPSA) is 82.3 Å². The molecule has 0 amide bonds.